The predicted molar refractivity (Wildman–Crippen MR) is 120 cm³/mol. The quantitative estimate of drug-likeness (QED) is 0.516. The van der Waals surface area contributed by atoms with E-state index in [0.29, 0.717) is 16.8 Å². The summed E-state index contributed by atoms with van der Waals surface area (Å²) in [5, 5.41) is 6.81. The molecule has 1 aliphatic heterocycles. The van der Waals surface area contributed by atoms with Gasteiger partial charge in [0.2, 0.25) is 0 Å². The minimum atomic E-state index is -3.39. The van der Waals surface area contributed by atoms with Crippen LogP contribution in [0.25, 0.3) is 0 Å². The van der Waals surface area contributed by atoms with Crippen molar-refractivity contribution >= 4 is 33.0 Å². The van der Waals surface area contributed by atoms with E-state index in [0.717, 1.165) is 36.9 Å². The molecule has 0 aliphatic carbocycles. The fourth-order valence-electron chi connectivity index (χ4n) is 3.18. The molecule has 0 spiro atoms. The third-order valence-electron chi connectivity index (χ3n) is 4.76. The van der Waals surface area contributed by atoms with Crippen molar-refractivity contribution in [2.45, 2.75) is 30.1 Å². The highest BCUT2D eigenvalue weighted by molar-refractivity contribution is 7.91. The lowest BCUT2D eigenvalue weighted by Crippen LogP contribution is -2.44. The highest BCUT2D eigenvalue weighted by atomic mass is 32.2. The van der Waals surface area contributed by atoms with Crippen LogP contribution in [0, 0.1) is 0 Å². The topological polar surface area (TPSA) is 77.0 Å². The van der Waals surface area contributed by atoms with Crippen LogP contribution in [0.15, 0.2) is 51.7 Å². The van der Waals surface area contributed by atoms with Crippen molar-refractivity contribution in [3.8, 4) is 0 Å². The van der Waals surface area contributed by atoms with Gasteiger partial charge in [0.25, 0.3) is 10.0 Å². The third kappa shape index (κ3) is 5.49. The van der Waals surface area contributed by atoms with Crippen molar-refractivity contribution in [3.63, 3.8) is 0 Å². The molecule has 1 aliphatic rings. The summed E-state index contributed by atoms with van der Waals surface area (Å²) in [6.07, 6.45) is 1.05. The van der Waals surface area contributed by atoms with Crippen molar-refractivity contribution in [1.29, 1.82) is 0 Å². The van der Waals surface area contributed by atoms with Crippen molar-refractivity contribution in [2.75, 3.05) is 38.6 Å². The Morgan fingerprint density at radius 1 is 1.24 bits per heavy atom. The highest BCUT2D eigenvalue weighted by Gasteiger charge is 2.23. The van der Waals surface area contributed by atoms with Crippen LogP contribution in [0.5, 0.6) is 0 Å². The summed E-state index contributed by atoms with van der Waals surface area (Å²) in [6, 6.07) is 14.2. The first kappa shape index (κ1) is 21.6. The maximum atomic E-state index is 12.2. The standard InChI is InChI=1S/C20H29N5O2S2/c1-4-21-20(22-14-18-10-11-19(28-18)29(26,27)24(2)3)23-16-12-13-25(15-16)17-8-6-5-7-9-17/h5-11,16H,4,12-15H2,1-3H3,(H2,21,22,23). The second-order valence-electron chi connectivity index (χ2n) is 7.11. The Kier molecular flexibility index (Phi) is 7.15. The number of thiophene rings is 1. The van der Waals surface area contributed by atoms with Crippen LogP contribution in [0.2, 0.25) is 0 Å². The van der Waals surface area contributed by atoms with E-state index in [4.69, 9.17) is 0 Å². The Balaban J connectivity index is 1.62. The molecule has 1 aromatic heterocycles. The number of hydrogen-bond acceptors (Lipinski definition) is 5. The molecule has 1 saturated heterocycles. The van der Waals surface area contributed by atoms with Crippen molar-refractivity contribution in [2.24, 2.45) is 4.99 Å². The van der Waals surface area contributed by atoms with Gasteiger partial charge in [-0.15, -0.1) is 11.3 Å². The van der Waals surface area contributed by atoms with Gasteiger partial charge in [0.1, 0.15) is 4.21 Å². The van der Waals surface area contributed by atoms with E-state index in [1.165, 1.54) is 21.3 Å². The number of rotatable bonds is 7. The Labute approximate surface area is 177 Å². The van der Waals surface area contributed by atoms with Crippen LogP contribution >= 0.6 is 11.3 Å². The summed E-state index contributed by atoms with van der Waals surface area (Å²) in [4.78, 5) is 7.95. The van der Waals surface area contributed by atoms with E-state index in [1.54, 1.807) is 20.2 Å². The van der Waals surface area contributed by atoms with Gasteiger partial charge in [-0.05, 0) is 37.6 Å². The zero-order valence-corrected chi connectivity index (χ0v) is 18.8. The number of hydrogen-bond donors (Lipinski definition) is 2. The average Bonchev–Trinajstić information content (AvgIpc) is 3.37. The van der Waals surface area contributed by atoms with Gasteiger partial charge in [-0.25, -0.2) is 17.7 Å². The summed E-state index contributed by atoms with van der Waals surface area (Å²) in [5.41, 5.74) is 1.24. The maximum absolute atomic E-state index is 12.2. The van der Waals surface area contributed by atoms with Gasteiger partial charge < -0.3 is 15.5 Å². The molecule has 158 valence electrons. The Hall–Kier alpha value is -2.10. The molecular formula is C20H29N5O2S2. The van der Waals surface area contributed by atoms with E-state index in [2.05, 4.69) is 44.8 Å². The largest absolute Gasteiger partial charge is 0.369 e. The summed E-state index contributed by atoms with van der Waals surface area (Å²) in [6.45, 7) is 5.19. The first-order chi connectivity index (χ1) is 13.9. The fraction of sp³-hybridized carbons (Fsp3) is 0.450. The average molecular weight is 436 g/mol. The van der Waals surface area contributed by atoms with Crippen LogP contribution in [-0.4, -0.2) is 58.5 Å². The number of nitrogens with zero attached hydrogens (tertiary/aromatic N) is 3. The number of aliphatic imine (C=N–C) groups is 1. The summed E-state index contributed by atoms with van der Waals surface area (Å²) in [5.74, 6) is 0.762. The van der Waals surface area contributed by atoms with Gasteiger partial charge in [-0.3, -0.25) is 0 Å². The lowest BCUT2D eigenvalue weighted by atomic mass is 10.3. The fourth-order valence-corrected chi connectivity index (χ4v) is 5.63. The lowest BCUT2D eigenvalue weighted by molar-refractivity contribution is 0.523. The lowest BCUT2D eigenvalue weighted by Gasteiger charge is -2.20. The minimum Gasteiger partial charge on any atom is -0.369 e. The van der Waals surface area contributed by atoms with Crippen LogP contribution in [0.1, 0.15) is 18.2 Å². The molecule has 0 bridgehead atoms. The number of para-hydroxylation sites is 1. The summed E-state index contributed by atoms with van der Waals surface area (Å²) < 4.78 is 26.0. The van der Waals surface area contributed by atoms with Crippen molar-refractivity contribution < 1.29 is 8.42 Å². The molecule has 9 heteroatoms. The summed E-state index contributed by atoms with van der Waals surface area (Å²) in [7, 11) is -0.305. The molecule has 1 atom stereocenters. The molecule has 1 aromatic carbocycles. The molecule has 7 nitrogen and oxygen atoms in total. The van der Waals surface area contributed by atoms with Gasteiger partial charge in [-0.1, -0.05) is 18.2 Å². The molecule has 1 fully saturated rings. The predicted octanol–water partition coefficient (Wildman–Crippen LogP) is 2.33. The smallest absolute Gasteiger partial charge is 0.252 e. The van der Waals surface area contributed by atoms with E-state index in [1.807, 2.05) is 19.1 Å². The minimum absolute atomic E-state index is 0.320. The van der Waals surface area contributed by atoms with Gasteiger partial charge in [0.15, 0.2) is 5.96 Å². The molecule has 2 aromatic rings. The molecule has 29 heavy (non-hydrogen) atoms. The van der Waals surface area contributed by atoms with E-state index < -0.39 is 10.0 Å². The Morgan fingerprint density at radius 2 is 2.00 bits per heavy atom. The molecule has 0 saturated carbocycles. The monoisotopic (exact) mass is 435 g/mol. The molecule has 3 rings (SSSR count). The van der Waals surface area contributed by atoms with Crippen LogP contribution in [0.3, 0.4) is 0 Å². The molecule has 1 unspecified atom stereocenters. The molecular weight excluding hydrogens is 406 g/mol. The van der Waals surface area contributed by atoms with Crippen molar-refractivity contribution in [1.82, 2.24) is 14.9 Å². The number of benzene rings is 1. The van der Waals surface area contributed by atoms with Crippen molar-refractivity contribution in [3.05, 3.63) is 47.3 Å². The van der Waals surface area contributed by atoms with E-state index >= 15 is 0 Å². The van der Waals surface area contributed by atoms with Gasteiger partial charge in [0.05, 0.1) is 6.54 Å². The second kappa shape index (κ2) is 9.60. The zero-order valence-electron chi connectivity index (χ0n) is 17.1. The Morgan fingerprint density at radius 3 is 2.69 bits per heavy atom. The SMILES string of the molecule is CCNC(=NCc1ccc(S(=O)(=O)N(C)C)s1)NC1CCN(c2ccccc2)C1. The molecule has 0 amide bonds. The maximum Gasteiger partial charge on any atom is 0.252 e. The molecule has 2 heterocycles. The van der Waals surface area contributed by atoms with Crippen LogP contribution in [-0.2, 0) is 16.6 Å². The van der Waals surface area contributed by atoms with Gasteiger partial charge >= 0.3 is 0 Å². The Bertz CT molecular complexity index is 925. The third-order valence-corrected chi connectivity index (χ3v) is 8.11. The second-order valence-corrected chi connectivity index (χ2v) is 10.7. The van der Waals surface area contributed by atoms with E-state index in [9.17, 15) is 8.42 Å². The zero-order chi connectivity index (χ0) is 20.9. The molecule has 0 radical (unpaired) electrons. The number of nitrogens with one attached hydrogen (secondary N) is 2. The highest BCUT2D eigenvalue weighted by Crippen LogP contribution is 2.24. The normalized spacial score (nSPS) is 17.7. The van der Waals surface area contributed by atoms with Gasteiger partial charge in [0, 0.05) is 50.3 Å². The van der Waals surface area contributed by atoms with Crippen LogP contribution in [0.4, 0.5) is 5.69 Å². The van der Waals surface area contributed by atoms with Gasteiger partial charge in [-0.2, -0.15) is 0 Å². The summed E-state index contributed by atoms with van der Waals surface area (Å²) >= 11 is 1.27. The first-order valence-corrected chi connectivity index (χ1v) is 12.0. The number of guanidine groups is 1. The number of sulfonamides is 1. The van der Waals surface area contributed by atoms with E-state index in [-0.39, 0.29) is 0 Å². The molecule has 2 N–H and O–H groups in total. The first-order valence-electron chi connectivity index (χ1n) is 9.76. The number of anilines is 1. The van der Waals surface area contributed by atoms with Crippen LogP contribution < -0.4 is 15.5 Å².